The number of benzene rings is 2. The average molecular weight is 449 g/mol. The van der Waals surface area contributed by atoms with E-state index in [1.807, 2.05) is 0 Å². The maximum absolute atomic E-state index is 13.4. The molecule has 2 aromatic carbocycles. The molecule has 3 aromatic rings. The van der Waals surface area contributed by atoms with Gasteiger partial charge in [-0.25, -0.2) is 9.18 Å². The summed E-state index contributed by atoms with van der Waals surface area (Å²) < 4.78 is 15.3. The van der Waals surface area contributed by atoms with Crippen LogP contribution in [0.2, 0.25) is 0 Å². The zero-order valence-corrected chi connectivity index (χ0v) is 17.8. The molecule has 0 bridgehead atoms. The Morgan fingerprint density at radius 3 is 2.61 bits per heavy atom. The second-order valence-corrected chi connectivity index (χ2v) is 7.67. The van der Waals surface area contributed by atoms with Crippen LogP contribution < -0.4 is 21.9 Å². The van der Waals surface area contributed by atoms with Crippen LogP contribution in [0.5, 0.6) is 0 Å². The van der Waals surface area contributed by atoms with Gasteiger partial charge in [0.2, 0.25) is 5.91 Å². The number of rotatable bonds is 4. The number of anilines is 1. The van der Waals surface area contributed by atoms with Gasteiger partial charge in [0.1, 0.15) is 12.0 Å². The lowest BCUT2D eigenvalue weighted by Crippen LogP contribution is -2.38. The third kappa shape index (κ3) is 4.36. The lowest BCUT2D eigenvalue weighted by molar-refractivity contribution is -0.121. The van der Waals surface area contributed by atoms with Gasteiger partial charge in [-0.15, -0.1) is 0 Å². The molecule has 33 heavy (non-hydrogen) atoms. The molecule has 2 N–H and O–H groups in total. The maximum Gasteiger partial charge on any atom is 0.351 e. The number of aryl methyl sites for hydroxylation is 1. The highest BCUT2D eigenvalue weighted by molar-refractivity contribution is 6.06. The topological polar surface area (TPSA) is 115 Å². The summed E-state index contributed by atoms with van der Waals surface area (Å²) >= 11 is 0. The van der Waals surface area contributed by atoms with Crippen LogP contribution in [0.3, 0.4) is 0 Å². The van der Waals surface area contributed by atoms with E-state index in [2.05, 4.69) is 15.7 Å². The predicted octanol–water partition coefficient (Wildman–Crippen LogP) is 1.50. The van der Waals surface area contributed by atoms with Crippen LogP contribution in [-0.4, -0.2) is 26.2 Å². The van der Waals surface area contributed by atoms with Crippen molar-refractivity contribution in [2.45, 2.75) is 19.3 Å². The Balaban J connectivity index is 1.66. The van der Waals surface area contributed by atoms with Crippen molar-refractivity contribution >= 4 is 17.5 Å². The Kier molecular flexibility index (Phi) is 5.74. The van der Waals surface area contributed by atoms with E-state index >= 15 is 0 Å². The molecule has 1 aliphatic heterocycles. The minimum atomic E-state index is -0.627. The first-order chi connectivity index (χ1) is 15.7. The van der Waals surface area contributed by atoms with Gasteiger partial charge >= 0.3 is 5.69 Å². The molecule has 1 unspecified atom stereocenters. The van der Waals surface area contributed by atoms with E-state index in [-0.39, 0.29) is 12.3 Å². The molecule has 2 heterocycles. The van der Waals surface area contributed by atoms with E-state index in [0.29, 0.717) is 22.5 Å². The van der Waals surface area contributed by atoms with E-state index in [0.717, 1.165) is 21.0 Å². The molecular weight excluding hydrogens is 429 g/mol. The van der Waals surface area contributed by atoms with E-state index in [9.17, 15) is 23.6 Å². The van der Waals surface area contributed by atoms with E-state index in [1.54, 1.807) is 37.3 Å². The molecule has 4 rings (SSSR count). The first-order valence-electron chi connectivity index (χ1n) is 10.1. The fourth-order valence-corrected chi connectivity index (χ4v) is 3.56. The fourth-order valence-electron chi connectivity index (χ4n) is 3.56. The molecule has 0 radical (unpaired) electrons. The maximum atomic E-state index is 13.4. The van der Waals surface area contributed by atoms with Gasteiger partial charge in [0.25, 0.3) is 11.5 Å². The van der Waals surface area contributed by atoms with Crippen LogP contribution in [-0.2, 0) is 16.6 Å². The molecule has 1 aliphatic rings. The first-order valence-corrected chi connectivity index (χ1v) is 10.1. The lowest BCUT2D eigenvalue weighted by Gasteiger charge is -2.24. The van der Waals surface area contributed by atoms with Gasteiger partial charge in [-0.1, -0.05) is 18.2 Å². The van der Waals surface area contributed by atoms with Crippen molar-refractivity contribution in [3.8, 4) is 5.69 Å². The molecule has 0 fully saturated rings. The van der Waals surface area contributed by atoms with E-state index in [1.165, 1.54) is 25.4 Å². The molecule has 0 spiro atoms. The number of hydrogen-bond acceptors (Lipinski definition) is 5. The zero-order valence-electron chi connectivity index (χ0n) is 17.8. The smallest absolute Gasteiger partial charge is 0.332 e. The Labute approximate surface area is 187 Å². The van der Waals surface area contributed by atoms with Gasteiger partial charge in [-0.3, -0.25) is 19.0 Å². The summed E-state index contributed by atoms with van der Waals surface area (Å²) in [5, 5.41) is 9.26. The third-order valence-electron chi connectivity index (χ3n) is 5.48. The highest BCUT2D eigenvalue weighted by atomic mass is 19.1. The van der Waals surface area contributed by atoms with Crippen molar-refractivity contribution in [3.63, 3.8) is 0 Å². The van der Waals surface area contributed by atoms with Crippen LogP contribution in [0.25, 0.3) is 5.69 Å². The minimum absolute atomic E-state index is 0.0429. The van der Waals surface area contributed by atoms with Gasteiger partial charge in [0, 0.05) is 36.8 Å². The number of nitrogens with one attached hydrogen (secondary N) is 2. The molecule has 2 amide bonds. The molecular formula is C23H20FN5O4. The van der Waals surface area contributed by atoms with Gasteiger partial charge in [0.05, 0.1) is 5.69 Å². The molecule has 9 nitrogen and oxygen atoms in total. The average Bonchev–Trinajstić information content (AvgIpc) is 2.79. The highest BCUT2D eigenvalue weighted by Gasteiger charge is 2.29. The molecule has 1 atom stereocenters. The number of hydrogen-bond donors (Lipinski definition) is 2. The van der Waals surface area contributed by atoms with Gasteiger partial charge in [-0.05, 0) is 42.3 Å². The van der Waals surface area contributed by atoms with Gasteiger partial charge in [0.15, 0.2) is 0 Å². The number of aromatic nitrogens is 3. The first kappa shape index (κ1) is 21.9. The number of amides is 2. The van der Waals surface area contributed by atoms with Crippen LogP contribution >= 0.6 is 0 Å². The van der Waals surface area contributed by atoms with Gasteiger partial charge in [-0.2, -0.15) is 9.78 Å². The molecule has 1 aromatic heterocycles. The fraction of sp³-hybridized carbons (Fsp3) is 0.174. The Morgan fingerprint density at radius 1 is 1.15 bits per heavy atom. The van der Waals surface area contributed by atoms with Crippen LogP contribution in [0.1, 0.15) is 23.5 Å². The van der Waals surface area contributed by atoms with Crippen LogP contribution in [0.4, 0.5) is 10.1 Å². The SMILES string of the molecule is Cc1ccc(-n2ncc(=O)n(C)c2=O)cc1NC(=O)C1=CNC(=O)CC1c1ccc(F)cc1. The molecule has 0 aliphatic carbocycles. The van der Waals surface area contributed by atoms with E-state index in [4.69, 9.17) is 0 Å². The van der Waals surface area contributed by atoms with Crippen LogP contribution in [0, 0.1) is 12.7 Å². The number of halogens is 1. The third-order valence-corrected chi connectivity index (χ3v) is 5.48. The second kappa shape index (κ2) is 8.65. The Morgan fingerprint density at radius 2 is 1.88 bits per heavy atom. The molecule has 10 heteroatoms. The molecule has 0 saturated carbocycles. The van der Waals surface area contributed by atoms with Crippen molar-refractivity contribution in [3.05, 3.63) is 98.2 Å². The monoisotopic (exact) mass is 449 g/mol. The summed E-state index contributed by atoms with van der Waals surface area (Å²) in [5.41, 5.74) is 1.30. The quantitative estimate of drug-likeness (QED) is 0.627. The van der Waals surface area contributed by atoms with Crippen LogP contribution in [0.15, 0.2) is 70.0 Å². The number of carbonyl (C=O) groups excluding carboxylic acids is 2. The largest absolute Gasteiger partial charge is 0.351 e. The molecule has 0 saturated heterocycles. The Bertz CT molecular complexity index is 1410. The summed E-state index contributed by atoms with van der Waals surface area (Å²) in [4.78, 5) is 49.1. The van der Waals surface area contributed by atoms with Crippen molar-refractivity contribution in [1.82, 2.24) is 19.7 Å². The summed E-state index contributed by atoms with van der Waals surface area (Å²) in [6, 6.07) is 10.6. The normalized spacial score (nSPS) is 15.5. The highest BCUT2D eigenvalue weighted by Crippen LogP contribution is 2.31. The van der Waals surface area contributed by atoms with Crippen molar-refractivity contribution < 1.29 is 14.0 Å². The summed E-state index contributed by atoms with van der Waals surface area (Å²) in [5.74, 6) is -1.66. The second-order valence-electron chi connectivity index (χ2n) is 7.67. The summed E-state index contributed by atoms with van der Waals surface area (Å²) in [6.07, 6.45) is 2.43. The molecule has 168 valence electrons. The summed E-state index contributed by atoms with van der Waals surface area (Å²) in [6.45, 7) is 1.78. The van der Waals surface area contributed by atoms with Crippen molar-refractivity contribution in [1.29, 1.82) is 0 Å². The van der Waals surface area contributed by atoms with Crippen molar-refractivity contribution in [2.75, 3.05) is 5.32 Å². The predicted molar refractivity (Wildman–Crippen MR) is 118 cm³/mol. The van der Waals surface area contributed by atoms with Crippen molar-refractivity contribution in [2.24, 2.45) is 7.05 Å². The lowest BCUT2D eigenvalue weighted by atomic mass is 9.86. The zero-order chi connectivity index (χ0) is 23.7. The Hall–Kier alpha value is -4.34. The van der Waals surface area contributed by atoms with Gasteiger partial charge < -0.3 is 10.6 Å². The standard InChI is InChI=1S/C23H20FN5O4/c1-13-3-8-16(29-23(33)28(2)21(31)12-26-29)9-19(13)27-22(32)18-11-25-20(30)10-17(18)14-4-6-15(24)7-5-14/h3-9,11-12,17H,10H2,1-2H3,(H,25,30)(H,27,32). The number of nitrogens with zero attached hydrogens (tertiary/aromatic N) is 3. The van der Waals surface area contributed by atoms with E-state index < -0.39 is 28.9 Å². The summed E-state index contributed by atoms with van der Waals surface area (Å²) in [7, 11) is 1.35. The number of carbonyl (C=O) groups is 2. The minimum Gasteiger partial charge on any atom is -0.332 e.